The van der Waals surface area contributed by atoms with Crippen molar-refractivity contribution in [3.05, 3.63) is 41.0 Å². The van der Waals surface area contributed by atoms with Gasteiger partial charge in [0.25, 0.3) is 0 Å². The minimum atomic E-state index is 0.698. The van der Waals surface area contributed by atoms with Crippen molar-refractivity contribution in [2.75, 3.05) is 26.2 Å². The highest BCUT2D eigenvalue weighted by Gasteiger charge is 2.07. The highest BCUT2D eigenvalue weighted by atomic mass is 79.9. The first-order valence-electron chi connectivity index (χ1n) is 8.16. The number of nitrogens with one attached hydrogen (secondary N) is 1. The van der Waals surface area contributed by atoms with E-state index < -0.39 is 0 Å². The van der Waals surface area contributed by atoms with Gasteiger partial charge in [-0.2, -0.15) is 0 Å². The lowest BCUT2D eigenvalue weighted by Crippen LogP contribution is -2.27. The maximum atomic E-state index is 5.81. The smallest absolute Gasteiger partial charge is 0.178 e. The number of imidazole rings is 1. The molecule has 126 valence electrons. The molecule has 0 radical (unpaired) electrons. The van der Waals surface area contributed by atoms with Gasteiger partial charge in [-0.05, 0) is 59.4 Å². The number of benzene rings is 1. The quantitative estimate of drug-likeness (QED) is 0.661. The summed E-state index contributed by atoms with van der Waals surface area (Å²) in [5.41, 5.74) is 2.65. The number of hydrogen-bond acceptors (Lipinski definition) is 4. The maximum Gasteiger partial charge on any atom is 0.178 e. The van der Waals surface area contributed by atoms with Gasteiger partial charge in [0.2, 0.25) is 0 Å². The van der Waals surface area contributed by atoms with Crippen LogP contribution >= 0.6 is 15.9 Å². The largest absolute Gasteiger partial charge is 0.492 e. The van der Waals surface area contributed by atoms with Gasteiger partial charge in [0.15, 0.2) is 5.65 Å². The summed E-state index contributed by atoms with van der Waals surface area (Å²) in [5, 5.41) is 0. The summed E-state index contributed by atoms with van der Waals surface area (Å²) in [6.45, 7) is 8.07. The summed E-state index contributed by atoms with van der Waals surface area (Å²) < 4.78 is 6.75. The van der Waals surface area contributed by atoms with E-state index in [1.54, 1.807) is 6.20 Å². The third-order valence-electron chi connectivity index (χ3n) is 4.00. The second kappa shape index (κ2) is 7.77. The van der Waals surface area contributed by atoms with Gasteiger partial charge in [-0.25, -0.2) is 9.97 Å². The van der Waals surface area contributed by atoms with Crippen LogP contribution in [0.4, 0.5) is 0 Å². The molecule has 0 saturated heterocycles. The van der Waals surface area contributed by atoms with Crippen LogP contribution in [0.2, 0.25) is 0 Å². The van der Waals surface area contributed by atoms with Crippen molar-refractivity contribution < 1.29 is 4.74 Å². The standard InChI is InChI=1S/C18H21BrN4O/c1-3-23(4-2)9-10-24-15-7-5-13(6-8-15)17-21-16-11-14(19)12-20-18(16)22-17/h5-8,11-12H,3-4,9-10H2,1-2H3,(H,20,21,22). The molecule has 2 heterocycles. The van der Waals surface area contributed by atoms with Gasteiger partial charge in [-0.3, -0.25) is 0 Å². The van der Waals surface area contributed by atoms with Crippen LogP contribution in [0.25, 0.3) is 22.6 Å². The number of ether oxygens (including phenoxy) is 1. The molecular formula is C18H21BrN4O. The van der Waals surface area contributed by atoms with E-state index in [4.69, 9.17) is 4.74 Å². The predicted octanol–water partition coefficient (Wildman–Crippen LogP) is 4.11. The molecule has 3 rings (SSSR count). The Morgan fingerprint density at radius 3 is 2.62 bits per heavy atom. The molecular weight excluding hydrogens is 368 g/mol. The van der Waals surface area contributed by atoms with Crippen molar-refractivity contribution >= 4 is 27.1 Å². The Hall–Kier alpha value is -1.92. The Morgan fingerprint density at radius 1 is 1.17 bits per heavy atom. The number of fused-ring (bicyclic) bond motifs is 1. The number of halogens is 1. The van der Waals surface area contributed by atoms with E-state index in [1.807, 2.05) is 30.3 Å². The van der Waals surface area contributed by atoms with E-state index in [9.17, 15) is 0 Å². The third-order valence-corrected chi connectivity index (χ3v) is 4.44. The summed E-state index contributed by atoms with van der Waals surface area (Å²) in [6, 6.07) is 9.96. The fourth-order valence-corrected chi connectivity index (χ4v) is 2.88. The summed E-state index contributed by atoms with van der Waals surface area (Å²) in [6.07, 6.45) is 1.75. The van der Waals surface area contributed by atoms with Crippen molar-refractivity contribution in [1.82, 2.24) is 19.9 Å². The average Bonchev–Trinajstić information content (AvgIpc) is 3.02. The van der Waals surface area contributed by atoms with Crippen molar-refractivity contribution in [3.63, 3.8) is 0 Å². The molecule has 0 aliphatic carbocycles. The fourth-order valence-electron chi connectivity index (χ4n) is 2.55. The molecule has 5 nitrogen and oxygen atoms in total. The zero-order chi connectivity index (χ0) is 16.9. The van der Waals surface area contributed by atoms with E-state index >= 15 is 0 Å². The number of pyridine rings is 1. The van der Waals surface area contributed by atoms with Crippen LogP contribution in [0, 0.1) is 0 Å². The van der Waals surface area contributed by atoms with Gasteiger partial charge < -0.3 is 14.6 Å². The lowest BCUT2D eigenvalue weighted by molar-refractivity contribution is 0.223. The molecule has 0 fully saturated rings. The molecule has 0 saturated carbocycles. The number of hydrogen-bond donors (Lipinski definition) is 1. The molecule has 3 aromatic rings. The molecule has 1 N–H and O–H groups in total. The van der Waals surface area contributed by atoms with Gasteiger partial charge >= 0.3 is 0 Å². The first-order chi connectivity index (χ1) is 11.7. The van der Waals surface area contributed by atoms with Crippen LogP contribution in [0.15, 0.2) is 41.0 Å². The summed E-state index contributed by atoms with van der Waals surface area (Å²) in [4.78, 5) is 14.5. The number of H-pyrrole nitrogens is 1. The van der Waals surface area contributed by atoms with Crippen molar-refractivity contribution in [2.24, 2.45) is 0 Å². The minimum Gasteiger partial charge on any atom is -0.492 e. The normalized spacial score (nSPS) is 11.3. The molecule has 6 heteroatoms. The van der Waals surface area contributed by atoms with Crippen LogP contribution in [-0.4, -0.2) is 46.1 Å². The topological polar surface area (TPSA) is 54.0 Å². The molecule has 0 unspecified atom stereocenters. The molecule has 1 aromatic carbocycles. The van der Waals surface area contributed by atoms with Gasteiger partial charge in [0.1, 0.15) is 18.2 Å². The SMILES string of the molecule is CCN(CC)CCOc1ccc(-c2nc3ncc(Br)cc3[nH]2)cc1. The second-order valence-corrected chi connectivity index (χ2v) is 6.43. The van der Waals surface area contributed by atoms with Gasteiger partial charge in [0.05, 0.1) is 5.52 Å². The molecule has 24 heavy (non-hydrogen) atoms. The number of aromatic nitrogens is 3. The fraction of sp³-hybridized carbons (Fsp3) is 0.333. The van der Waals surface area contributed by atoms with Crippen LogP contribution in [-0.2, 0) is 0 Å². The van der Waals surface area contributed by atoms with Gasteiger partial charge in [0, 0.05) is 22.8 Å². The van der Waals surface area contributed by atoms with Gasteiger partial charge in [-0.15, -0.1) is 0 Å². The van der Waals surface area contributed by atoms with E-state index in [1.165, 1.54) is 0 Å². The highest BCUT2D eigenvalue weighted by Crippen LogP contribution is 2.23. The Balaban J connectivity index is 1.67. The van der Waals surface area contributed by atoms with Crippen LogP contribution < -0.4 is 4.74 Å². The number of likely N-dealkylation sites (N-methyl/N-ethyl adjacent to an activating group) is 1. The van der Waals surface area contributed by atoms with Crippen molar-refractivity contribution in [2.45, 2.75) is 13.8 Å². The molecule has 2 aromatic heterocycles. The maximum absolute atomic E-state index is 5.81. The Morgan fingerprint density at radius 2 is 1.92 bits per heavy atom. The first-order valence-corrected chi connectivity index (χ1v) is 8.95. The molecule has 0 bridgehead atoms. The second-order valence-electron chi connectivity index (χ2n) is 5.51. The monoisotopic (exact) mass is 388 g/mol. The van der Waals surface area contributed by atoms with Crippen molar-refractivity contribution in [3.8, 4) is 17.1 Å². The third kappa shape index (κ3) is 3.94. The zero-order valence-corrected chi connectivity index (χ0v) is 15.5. The number of nitrogens with zero attached hydrogens (tertiary/aromatic N) is 3. The van der Waals surface area contributed by atoms with Crippen molar-refractivity contribution in [1.29, 1.82) is 0 Å². The Bertz CT molecular complexity index is 796. The number of rotatable bonds is 7. The van der Waals surface area contributed by atoms with E-state index in [-0.39, 0.29) is 0 Å². The molecule has 0 amide bonds. The molecule has 0 aliphatic rings. The van der Waals surface area contributed by atoms with E-state index in [0.717, 1.165) is 46.8 Å². The zero-order valence-electron chi connectivity index (χ0n) is 13.9. The molecule has 0 spiro atoms. The lowest BCUT2D eigenvalue weighted by Gasteiger charge is -2.18. The number of aromatic amines is 1. The summed E-state index contributed by atoms with van der Waals surface area (Å²) in [7, 11) is 0. The van der Waals surface area contributed by atoms with Crippen LogP contribution in [0.1, 0.15) is 13.8 Å². The molecule has 0 atom stereocenters. The van der Waals surface area contributed by atoms with Crippen LogP contribution in [0.3, 0.4) is 0 Å². The summed E-state index contributed by atoms with van der Waals surface area (Å²) in [5.74, 6) is 1.69. The van der Waals surface area contributed by atoms with E-state index in [0.29, 0.717) is 12.3 Å². The first kappa shape index (κ1) is 16.9. The Kier molecular flexibility index (Phi) is 5.48. The predicted molar refractivity (Wildman–Crippen MR) is 100 cm³/mol. The van der Waals surface area contributed by atoms with Gasteiger partial charge in [-0.1, -0.05) is 13.8 Å². The van der Waals surface area contributed by atoms with E-state index in [2.05, 4.69) is 49.6 Å². The highest BCUT2D eigenvalue weighted by molar-refractivity contribution is 9.10. The lowest BCUT2D eigenvalue weighted by atomic mass is 10.2. The van der Waals surface area contributed by atoms with Crippen LogP contribution in [0.5, 0.6) is 5.75 Å². The minimum absolute atomic E-state index is 0.698. The summed E-state index contributed by atoms with van der Waals surface area (Å²) >= 11 is 3.42. The Labute approximate surface area is 150 Å². The average molecular weight is 389 g/mol. The molecule has 0 aliphatic heterocycles.